The number of rotatable bonds is 3. The maximum atomic E-state index is 5.83. The Kier molecular flexibility index (Phi) is 3.83. The van der Waals surface area contributed by atoms with Crippen molar-refractivity contribution in [3.05, 3.63) is 48.3 Å². The van der Waals surface area contributed by atoms with E-state index >= 15 is 0 Å². The second-order valence-corrected chi connectivity index (χ2v) is 4.86. The van der Waals surface area contributed by atoms with Crippen LogP contribution in [0.4, 0.5) is 11.4 Å². The highest BCUT2D eigenvalue weighted by Gasteiger charge is 2.19. The van der Waals surface area contributed by atoms with Gasteiger partial charge in [0, 0.05) is 36.7 Å². The van der Waals surface area contributed by atoms with Gasteiger partial charge in [0.25, 0.3) is 0 Å². The Morgan fingerprint density at radius 1 is 1.25 bits per heavy atom. The normalized spacial score (nSPS) is 14.3. The largest absolute Gasteiger partial charge is 0.491 e. The first-order chi connectivity index (χ1) is 9.90. The van der Waals surface area contributed by atoms with Crippen LogP contribution in [0.25, 0.3) is 0 Å². The Bertz CT molecular complexity index is 585. The second-order valence-electron chi connectivity index (χ2n) is 4.86. The van der Waals surface area contributed by atoms with Crippen LogP contribution >= 0.6 is 0 Å². The molecule has 0 amide bonds. The van der Waals surface area contributed by atoms with Gasteiger partial charge in [-0.1, -0.05) is 12.1 Å². The molecule has 4 nitrogen and oxygen atoms in total. The van der Waals surface area contributed by atoms with Crippen molar-refractivity contribution >= 4 is 11.4 Å². The van der Waals surface area contributed by atoms with Crippen molar-refractivity contribution in [2.24, 2.45) is 0 Å². The van der Waals surface area contributed by atoms with Crippen LogP contribution in [-0.4, -0.2) is 25.2 Å². The van der Waals surface area contributed by atoms with E-state index < -0.39 is 0 Å². The number of nitrogens with zero attached hydrogens (tertiary/aromatic N) is 2. The fourth-order valence-electron chi connectivity index (χ4n) is 2.59. The Balaban J connectivity index is 2.05. The summed E-state index contributed by atoms with van der Waals surface area (Å²) in [4.78, 5) is 6.57. The van der Waals surface area contributed by atoms with Gasteiger partial charge in [-0.25, -0.2) is 0 Å². The van der Waals surface area contributed by atoms with Crippen molar-refractivity contribution in [1.29, 1.82) is 0 Å². The van der Waals surface area contributed by atoms with Gasteiger partial charge in [-0.15, -0.1) is 0 Å². The molecule has 0 fully saturated rings. The number of hydrogen-bond acceptors (Lipinski definition) is 4. The molecule has 20 heavy (non-hydrogen) atoms. The van der Waals surface area contributed by atoms with Crippen LogP contribution < -0.4 is 15.0 Å². The third-order valence-electron chi connectivity index (χ3n) is 3.48. The number of ether oxygens (including phenoxy) is 1. The van der Waals surface area contributed by atoms with E-state index in [1.54, 1.807) is 0 Å². The molecule has 1 aliphatic heterocycles. The minimum atomic E-state index is 0.764. The minimum Gasteiger partial charge on any atom is -0.491 e. The zero-order valence-electron chi connectivity index (χ0n) is 11.7. The highest BCUT2D eigenvalue weighted by Crippen LogP contribution is 2.36. The molecule has 2 aromatic rings. The van der Waals surface area contributed by atoms with E-state index in [2.05, 4.69) is 33.4 Å². The monoisotopic (exact) mass is 269 g/mol. The molecule has 0 spiro atoms. The molecule has 0 saturated heterocycles. The smallest absolute Gasteiger partial charge is 0.142 e. The van der Waals surface area contributed by atoms with Gasteiger partial charge in [0.05, 0.1) is 12.3 Å². The second kappa shape index (κ2) is 5.92. The van der Waals surface area contributed by atoms with E-state index in [1.807, 2.05) is 31.6 Å². The van der Waals surface area contributed by atoms with Crippen LogP contribution in [0.2, 0.25) is 0 Å². The van der Waals surface area contributed by atoms with Crippen molar-refractivity contribution in [1.82, 2.24) is 10.3 Å². The quantitative estimate of drug-likeness (QED) is 0.929. The van der Waals surface area contributed by atoms with Crippen LogP contribution in [0.3, 0.4) is 0 Å². The SMILES string of the molecule is CNCc1cnccc1N1CCCOc2ccccc21. The van der Waals surface area contributed by atoms with Crippen molar-refractivity contribution in [3.8, 4) is 5.75 Å². The molecule has 0 atom stereocenters. The molecule has 1 N–H and O–H groups in total. The molecule has 104 valence electrons. The van der Waals surface area contributed by atoms with E-state index in [-0.39, 0.29) is 0 Å². The zero-order valence-corrected chi connectivity index (χ0v) is 11.7. The van der Waals surface area contributed by atoms with E-state index in [4.69, 9.17) is 4.74 Å². The van der Waals surface area contributed by atoms with E-state index in [1.165, 1.54) is 11.3 Å². The summed E-state index contributed by atoms with van der Waals surface area (Å²) < 4.78 is 5.83. The van der Waals surface area contributed by atoms with Gasteiger partial charge in [-0.2, -0.15) is 0 Å². The summed E-state index contributed by atoms with van der Waals surface area (Å²) in [6.45, 7) is 2.53. The number of hydrogen-bond donors (Lipinski definition) is 1. The van der Waals surface area contributed by atoms with Crippen LogP contribution in [0.1, 0.15) is 12.0 Å². The number of benzene rings is 1. The summed E-state index contributed by atoms with van der Waals surface area (Å²) in [5, 5.41) is 3.21. The lowest BCUT2D eigenvalue weighted by Gasteiger charge is -2.26. The molecule has 3 rings (SSSR count). The lowest BCUT2D eigenvalue weighted by atomic mass is 10.1. The number of anilines is 2. The Labute approximate surface area is 119 Å². The van der Waals surface area contributed by atoms with Gasteiger partial charge < -0.3 is 15.0 Å². The summed E-state index contributed by atoms with van der Waals surface area (Å²) in [6.07, 6.45) is 4.79. The summed E-state index contributed by atoms with van der Waals surface area (Å²) in [7, 11) is 1.95. The highest BCUT2D eigenvalue weighted by molar-refractivity contribution is 5.71. The van der Waals surface area contributed by atoms with Gasteiger partial charge in [0.15, 0.2) is 0 Å². The number of para-hydroxylation sites is 2. The molecule has 1 aliphatic rings. The first kappa shape index (κ1) is 12.9. The molecule has 0 aliphatic carbocycles. The minimum absolute atomic E-state index is 0.764. The van der Waals surface area contributed by atoms with Crippen molar-refractivity contribution in [3.63, 3.8) is 0 Å². The third-order valence-corrected chi connectivity index (χ3v) is 3.48. The zero-order chi connectivity index (χ0) is 13.8. The molecule has 0 unspecified atom stereocenters. The Hall–Kier alpha value is -2.07. The average Bonchev–Trinajstić information content (AvgIpc) is 2.71. The average molecular weight is 269 g/mol. The predicted molar refractivity (Wildman–Crippen MR) is 80.6 cm³/mol. The lowest BCUT2D eigenvalue weighted by molar-refractivity contribution is 0.322. The maximum absolute atomic E-state index is 5.83. The standard InChI is InChI=1S/C16H19N3O/c1-17-11-13-12-18-8-7-14(13)19-9-4-10-20-16-6-3-2-5-15(16)19/h2-3,5-8,12,17H,4,9-11H2,1H3. The molecular weight excluding hydrogens is 250 g/mol. The molecule has 2 heterocycles. The van der Waals surface area contributed by atoms with E-state index in [0.717, 1.165) is 37.6 Å². The van der Waals surface area contributed by atoms with Crippen LogP contribution in [-0.2, 0) is 6.54 Å². The molecule has 0 saturated carbocycles. The fourth-order valence-corrected chi connectivity index (χ4v) is 2.59. The Morgan fingerprint density at radius 3 is 3.05 bits per heavy atom. The summed E-state index contributed by atoms with van der Waals surface area (Å²) in [6, 6.07) is 10.3. The summed E-state index contributed by atoms with van der Waals surface area (Å²) in [5.74, 6) is 0.956. The Morgan fingerprint density at radius 2 is 2.15 bits per heavy atom. The molecular formula is C16H19N3O. The summed E-state index contributed by atoms with van der Waals surface area (Å²) >= 11 is 0. The lowest BCUT2D eigenvalue weighted by Crippen LogP contribution is -2.20. The van der Waals surface area contributed by atoms with Crippen LogP contribution in [0, 0.1) is 0 Å². The number of aromatic nitrogens is 1. The van der Waals surface area contributed by atoms with Crippen molar-refractivity contribution in [2.45, 2.75) is 13.0 Å². The summed E-state index contributed by atoms with van der Waals surface area (Å²) in [5.41, 5.74) is 3.53. The van der Waals surface area contributed by atoms with Gasteiger partial charge in [-0.3, -0.25) is 4.98 Å². The first-order valence-electron chi connectivity index (χ1n) is 6.97. The van der Waals surface area contributed by atoms with Crippen molar-refractivity contribution in [2.75, 3.05) is 25.1 Å². The van der Waals surface area contributed by atoms with E-state index in [0.29, 0.717) is 0 Å². The van der Waals surface area contributed by atoms with Gasteiger partial charge >= 0.3 is 0 Å². The molecule has 4 heteroatoms. The third kappa shape index (κ3) is 2.47. The van der Waals surface area contributed by atoms with E-state index in [9.17, 15) is 0 Å². The van der Waals surface area contributed by atoms with Gasteiger partial charge in [0.1, 0.15) is 5.75 Å². The number of nitrogens with one attached hydrogen (secondary N) is 1. The maximum Gasteiger partial charge on any atom is 0.142 e. The van der Waals surface area contributed by atoms with Gasteiger partial charge in [-0.05, 0) is 31.7 Å². The molecule has 0 bridgehead atoms. The van der Waals surface area contributed by atoms with Gasteiger partial charge in [0.2, 0.25) is 0 Å². The van der Waals surface area contributed by atoms with Crippen LogP contribution in [0.5, 0.6) is 5.75 Å². The fraction of sp³-hybridized carbons (Fsp3) is 0.312. The predicted octanol–water partition coefficient (Wildman–Crippen LogP) is 2.72. The number of fused-ring (bicyclic) bond motifs is 1. The number of pyridine rings is 1. The molecule has 0 radical (unpaired) electrons. The molecule has 1 aromatic heterocycles. The first-order valence-corrected chi connectivity index (χ1v) is 6.97. The van der Waals surface area contributed by atoms with Crippen LogP contribution in [0.15, 0.2) is 42.7 Å². The topological polar surface area (TPSA) is 37.4 Å². The van der Waals surface area contributed by atoms with Crippen molar-refractivity contribution < 1.29 is 4.74 Å². The molecule has 1 aromatic carbocycles. The highest BCUT2D eigenvalue weighted by atomic mass is 16.5.